The molecular weight excluding hydrogens is 188 g/mol. The van der Waals surface area contributed by atoms with E-state index in [4.69, 9.17) is 21.3 Å². The van der Waals surface area contributed by atoms with E-state index in [1.807, 2.05) is 0 Å². The Morgan fingerprint density at radius 3 is 2.71 bits per heavy atom. The highest BCUT2D eigenvalue weighted by Gasteiger charge is 2.14. The minimum atomic E-state index is -0.996. The van der Waals surface area contributed by atoms with Gasteiger partial charge in [0.05, 0.1) is 13.2 Å². The zero-order chi connectivity index (χ0) is 11.0. The van der Waals surface area contributed by atoms with Crippen LogP contribution >= 0.6 is 0 Å². The summed E-state index contributed by atoms with van der Waals surface area (Å²) in [5, 5.41) is 8.91. The molecule has 0 bridgehead atoms. The van der Waals surface area contributed by atoms with Crippen molar-refractivity contribution in [3.8, 4) is 0 Å². The van der Waals surface area contributed by atoms with Crippen LogP contribution in [0.4, 0.5) is 0 Å². The van der Waals surface area contributed by atoms with Crippen LogP contribution in [-0.2, 0) is 14.3 Å². The second kappa shape index (κ2) is 7.69. The number of esters is 1. The lowest BCUT2D eigenvalue weighted by molar-refractivity contribution is -0.146. The highest BCUT2D eigenvalue weighted by Crippen LogP contribution is 1.95. The maximum atomic E-state index is 11.0. The predicted molar refractivity (Wildman–Crippen MR) is 50.2 cm³/mol. The molecule has 0 heterocycles. The maximum absolute atomic E-state index is 11.0. The average Bonchev–Trinajstić information content (AvgIpc) is 2.17. The molecule has 0 radical (unpaired) electrons. The molecule has 0 aromatic heterocycles. The molecule has 0 saturated carbocycles. The maximum Gasteiger partial charge on any atom is 0.322 e. The van der Waals surface area contributed by atoms with Crippen molar-refractivity contribution >= 4 is 5.97 Å². The Morgan fingerprint density at radius 2 is 2.21 bits per heavy atom. The van der Waals surface area contributed by atoms with Crippen molar-refractivity contribution in [2.75, 3.05) is 19.8 Å². The van der Waals surface area contributed by atoms with Crippen LogP contribution in [0.25, 0.3) is 0 Å². The van der Waals surface area contributed by atoms with E-state index in [0.29, 0.717) is 13.0 Å². The lowest BCUT2D eigenvalue weighted by Crippen LogP contribution is -2.34. The number of ether oxygens (including phenoxy) is 2. The standard InChI is InChI=1S/C8H18N2O4/c1-2-13-8(12)6(10)3-4-14-7(11)5-9/h6-7,11H,2-5,9-10H2,1H3/t6-,7?/m0/s1. The first kappa shape index (κ1) is 13.3. The second-order valence-corrected chi connectivity index (χ2v) is 2.71. The van der Waals surface area contributed by atoms with E-state index in [9.17, 15) is 4.79 Å². The third kappa shape index (κ3) is 5.87. The molecule has 0 aliphatic heterocycles. The van der Waals surface area contributed by atoms with Crippen molar-refractivity contribution in [1.82, 2.24) is 0 Å². The Labute approximate surface area is 83.2 Å². The molecule has 0 spiro atoms. The number of aliphatic hydroxyl groups is 1. The van der Waals surface area contributed by atoms with Crippen LogP contribution < -0.4 is 11.5 Å². The average molecular weight is 206 g/mol. The highest BCUT2D eigenvalue weighted by atomic mass is 16.6. The van der Waals surface area contributed by atoms with Gasteiger partial charge < -0.3 is 26.0 Å². The molecule has 6 heteroatoms. The van der Waals surface area contributed by atoms with E-state index >= 15 is 0 Å². The Hall–Kier alpha value is -0.690. The molecule has 1 unspecified atom stereocenters. The SMILES string of the molecule is CCOC(=O)[C@@H](N)CCOC(O)CN. The molecule has 0 saturated heterocycles. The van der Waals surface area contributed by atoms with Gasteiger partial charge in [-0.2, -0.15) is 0 Å². The third-order valence-electron chi connectivity index (χ3n) is 1.53. The third-order valence-corrected chi connectivity index (χ3v) is 1.53. The van der Waals surface area contributed by atoms with Gasteiger partial charge in [0.1, 0.15) is 6.04 Å². The summed E-state index contributed by atoms with van der Waals surface area (Å²) in [6, 6.07) is -0.708. The number of hydrogen-bond donors (Lipinski definition) is 3. The van der Waals surface area contributed by atoms with Crippen molar-refractivity contribution < 1.29 is 19.4 Å². The number of carbonyl (C=O) groups excluding carboxylic acids is 1. The van der Waals surface area contributed by atoms with Gasteiger partial charge in [-0.3, -0.25) is 4.79 Å². The van der Waals surface area contributed by atoms with Crippen molar-refractivity contribution in [3.05, 3.63) is 0 Å². The van der Waals surface area contributed by atoms with E-state index in [-0.39, 0.29) is 13.2 Å². The van der Waals surface area contributed by atoms with Crippen LogP contribution in [0.2, 0.25) is 0 Å². The normalized spacial score (nSPS) is 14.9. The lowest BCUT2D eigenvalue weighted by Gasteiger charge is -2.12. The fourth-order valence-electron chi connectivity index (χ4n) is 0.766. The smallest absolute Gasteiger partial charge is 0.322 e. The molecule has 0 rings (SSSR count). The van der Waals surface area contributed by atoms with Crippen molar-refractivity contribution in [2.45, 2.75) is 25.7 Å². The predicted octanol–water partition coefficient (Wildman–Crippen LogP) is -1.44. The van der Waals surface area contributed by atoms with Crippen molar-refractivity contribution in [3.63, 3.8) is 0 Å². The minimum Gasteiger partial charge on any atom is -0.465 e. The molecule has 5 N–H and O–H groups in total. The summed E-state index contributed by atoms with van der Waals surface area (Å²) in [4.78, 5) is 11.0. The largest absolute Gasteiger partial charge is 0.465 e. The summed E-state index contributed by atoms with van der Waals surface area (Å²) >= 11 is 0. The van der Waals surface area contributed by atoms with Crippen LogP contribution in [0, 0.1) is 0 Å². The Bertz CT molecular complexity index is 165. The minimum absolute atomic E-state index is 0.0225. The molecular formula is C8H18N2O4. The van der Waals surface area contributed by atoms with Gasteiger partial charge in [-0.15, -0.1) is 0 Å². The van der Waals surface area contributed by atoms with Gasteiger partial charge in [0, 0.05) is 6.54 Å². The van der Waals surface area contributed by atoms with E-state index in [1.165, 1.54) is 0 Å². The van der Waals surface area contributed by atoms with E-state index < -0.39 is 18.3 Å². The fraction of sp³-hybridized carbons (Fsp3) is 0.875. The van der Waals surface area contributed by atoms with Crippen molar-refractivity contribution in [1.29, 1.82) is 0 Å². The van der Waals surface area contributed by atoms with Crippen molar-refractivity contribution in [2.24, 2.45) is 11.5 Å². The lowest BCUT2D eigenvalue weighted by atomic mass is 10.2. The summed E-state index contributed by atoms with van der Waals surface area (Å²) in [5.41, 5.74) is 10.6. The Morgan fingerprint density at radius 1 is 1.57 bits per heavy atom. The van der Waals surface area contributed by atoms with Gasteiger partial charge in [0.15, 0.2) is 6.29 Å². The molecule has 0 fully saturated rings. The topological polar surface area (TPSA) is 108 Å². The first-order chi connectivity index (χ1) is 6.61. The number of aliphatic hydroxyl groups excluding tert-OH is 1. The van der Waals surface area contributed by atoms with Gasteiger partial charge in [-0.1, -0.05) is 0 Å². The number of rotatable bonds is 7. The van der Waals surface area contributed by atoms with Crippen LogP contribution in [0.3, 0.4) is 0 Å². The van der Waals surface area contributed by atoms with E-state index in [1.54, 1.807) is 6.92 Å². The number of nitrogens with two attached hydrogens (primary N) is 2. The molecule has 0 amide bonds. The molecule has 0 aliphatic rings. The summed E-state index contributed by atoms with van der Waals surface area (Å²) in [6.45, 7) is 2.21. The summed E-state index contributed by atoms with van der Waals surface area (Å²) in [7, 11) is 0. The van der Waals surface area contributed by atoms with Gasteiger partial charge >= 0.3 is 5.97 Å². The zero-order valence-corrected chi connectivity index (χ0v) is 8.31. The van der Waals surface area contributed by atoms with Gasteiger partial charge in [0.2, 0.25) is 0 Å². The molecule has 0 aliphatic carbocycles. The van der Waals surface area contributed by atoms with Gasteiger partial charge in [-0.25, -0.2) is 0 Å². The summed E-state index contributed by atoms with van der Waals surface area (Å²) < 4.78 is 9.51. The molecule has 0 aromatic carbocycles. The molecule has 14 heavy (non-hydrogen) atoms. The monoisotopic (exact) mass is 206 g/mol. The summed E-state index contributed by atoms with van der Waals surface area (Å²) in [5.74, 6) is -0.460. The van der Waals surface area contributed by atoms with Crippen LogP contribution in [-0.4, -0.2) is 43.2 Å². The van der Waals surface area contributed by atoms with Gasteiger partial charge in [-0.05, 0) is 13.3 Å². The number of hydrogen-bond acceptors (Lipinski definition) is 6. The fourth-order valence-corrected chi connectivity index (χ4v) is 0.766. The van der Waals surface area contributed by atoms with E-state index in [0.717, 1.165) is 0 Å². The first-order valence-corrected chi connectivity index (χ1v) is 4.53. The number of carbonyl (C=O) groups is 1. The Kier molecular flexibility index (Phi) is 7.31. The summed E-state index contributed by atoms with van der Waals surface area (Å²) in [6.07, 6.45) is -0.694. The van der Waals surface area contributed by atoms with Crippen LogP contribution in [0.1, 0.15) is 13.3 Å². The Balaban J connectivity index is 3.52. The molecule has 0 aromatic rings. The van der Waals surface area contributed by atoms with Gasteiger partial charge in [0.25, 0.3) is 0 Å². The quantitative estimate of drug-likeness (QED) is 0.348. The highest BCUT2D eigenvalue weighted by molar-refractivity contribution is 5.75. The zero-order valence-electron chi connectivity index (χ0n) is 8.31. The first-order valence-electron chi connectivity index (χ1n) is 4.53. The van der Waals surface area contributed by atoms with Crippen LogP contribution in [0.5, 0.6) is 0 Å². The van der Waals surface area contributed by atoms with E-state index in [2.05, 4.69) is 4.74 Å². The van der Waals surface area contributed by atoms with Crippen LogP contribution in [0.15, 0.2) is 0 Å². The molecule has 2 atom stereocenters. The molecule has 84 valence electrons. The molecule has 6 nitrogen and oxygen atoms in total. The second-order valence-electron chi connectivity index (χ2n) is 2.71.